The van der Waals surface area contributed by atoms with Crippen molar-refractivity contribution in [3.05, 3.63) is 95.0 Å². The van der Waals surface area contributed by atoms with Crippen LogP contribution in [0.2, 0.25) is 5.02 Å². The van der Waals surface area contributed by atoms with Gasteiger partial charge in [-0.05, 0) is 43.3 Å². The Morgan fingerprint density at radius 2 is 1.66 bits per heavy atom. The van der Waals surface area contributed by atoms with E-state index in [1.165, 1.54) is 0 Å². The van der Waals surface area contributed by atoms with Gasteiger partial charge in [-0.25, -0.2) is 9.78 Å². The molecule has 1 atom stereocenters. The summed E-state index contributed by atoms with van der Waals surface area (Å²) in [7, 11) is 1.59. The van der Waals surface area contributed by atoms with Crippen LogP contribution in [-0.2, 0) is 4.74 Å². The fourth-order valence-electron chi connectivity index (χ4n) is 3.41. The van der Waals surface area contributed by atoms with Crippen molar-refractivity contribution in [1.29, 1.82) is 0 Å². The van der Waals surface area contributed by atoms with Crippen molar-refractivity contribution in [3.63, 3.8) is 0 Å². The van der Waals surface area contributed by atoms with Crippen molar-refractivity contribution in [1.82, 2.24) is 4.98 Å². The summed E-state index contributed by atoms with van der Waals surface area (Å²) in [6, 6.07) is 22.9. The maximum absolute atomic E-state index is 13.1. The number of rotatable bonds is 6. The quantitative estimate of drug-likeness (QED) is 0.269. The van der Waals surface area contributed by atoms with Crippen molar-refractivity contribution in [2.75, 3.05) is 7.11 Å². The highest BCUT2D eigenvalue weighted by molar-refractivity contribution is 6.35. The molecule has 4 rings (SSSR count). The first-order chi connectivity index (χ1) is 15.5. The third-order valence-corrected chi connectivity index (χ3v) is 5.41. The molecular weight excluding hydrogens is 426 g/mol. The summed E-state index contributed by atoms with van der Waals surface area (Å²) in [4.78, 5) is 30.4. The molecule has 1 heterocycles. The molecule has 0 aliphatic carbocycles. The number of Topliss-reactive ketones (excluding diaryl/α,β-unsaturated/α-hetero) is 1. The van der Waals surface area contributed by atoms with Gasteiger partial charge in [0.25, 0.3) is 0 Å². The molecule has 0 aliphatic heterocycles. The van der Waals surface area contributed by atoms with Crippen LogP contribution in [0.25, 0.3) is 22.2 Å². The average Bonchev–Trinajstić information content (AvgIpc) is 2.83. The van der Waals surface area contributed by atoms with Crippen molar-refractivity contribution in [3.8, 4) is 17.0 Å². The van der Waals surface area contributed by atoms with Crippen LogP contribution in [0, 0.1) is 0 Å². The van der Waals surface area contributed by atoms with Gasteiger partial charge >= 0.3 is 5.97 Å². The first-order valence-corrected chi connectivity index (χ1v) is 10.4. The number of pyridine rings is 1. The van der Waals surface area contributed by atoms with Crippen LogP contribution in [0.4, 0.5) is 0 Å². The van der Waals surface area contributed by atoms with E-state index in [4.69, 9.17) is 21.1 Å². The SMILES string of the molecule is COc1ccc(-c2cc(C(=O)OC(C)C(=O)c3ccccc3)c3cccc(Cl)c3n2)cc1. The highest BCUT2D eigenvalue weighted by Gasteiger charge is 2.23. The van der Waals surface area contributed by atoms with E-state index in [1.807, 2.05) is 30.3 Å². The summed E-state index contributed by atoms with van der Waals surface area (Å²) in [5, 5.41) is 0.972. The third-order valence-electron chi connectivity index (χ3n) is 5.11. The fraction of sp³-hybridized carbons (Fsp3) is 0.115. The Morgan fingerprint density at radius 1 is 0.938 bits per heavy atom. The van der Waals surface area contributed by atoms with Crippen molar-refractivity contribution in [2.45, 2.75) is 13.0 Å². The molecule has 0 aliphatic rings. The molecule has 1 aromatic heterocycles. The lowest BCUT2D eigenvalue weighted by molar-refractivity contribution is 0.0320. The summed E-state index contributed by atoms with van der Waals surface area (Å²) < 4.78 is 10.8. The first-order valence-electron chi connectivity index (χ1n) is 10.0. The summed E-state index contributed by atoms with van der Waals surface area (Å²) in [6.07, 6.45) is -0.947. The Kier molecular flexibility index (Phi) is 6.19. The van der Waals surface area contributed by atoms with Crippen LogP contribution >= 0.6 is 11.6 Å². The maximum Gasteiger partial charge on any atom is 0.339 e. The van der Waals surface area contributed by atoms with Gasteiger partial charge in [-0.3, -0.25) is 4.79 Å². The fourth-order valence-corrected chi connectivity index (χ4v) is 3.62. The summed E-state index contributed by atoms with van der Waals surface area (Å²) in [6.45, 7) is 1.56. The van der Waals surface area contributed by atoms with Gasteiger partial charge in [0.1, 0.15) is 5.75 Å². The topological polar surface area (TPSA) is 65.5 Å². The molecule has 32 heavy (non-hydrogen) atoms. The molecule has 0 bridgehead atoms. The number of carbonyl (C=O) groups excluding carboxylic acids is 2. The minimum Gasteiger partial charge on any atom is -0.497 e. The monoisotopic (exact) mass is 445 g/mol. The predicted octanol–water partition coefficient (Wildman–Crippen LogP) is 5.99. The van der Waals surface area contributed by atoms with E-state index in [0.29, 0.717) is 32.9 Å². The molecular formula is C26H20ClNO4. The largest absolute Gasteiger partial charge is 0.497 e. The number of nitrogens with zero attached hydrogens (tertiary/aromatic N) is 1. The highest BCUT2D eigenvalue weighted by atomic mass is 35.5. The van der Waals surface area contributed by atoms with E-state index in [0.717, 1.165) is 5.56 Å². The molecule has 0 saturated heterocycles. The lowest BCUT2D eigenvalue weighted by Crippen LogP contribution is -2.24. The van der Waals surface area contributed by atoms with Gasteiger partial charge in [-0.15, -0.1) is 0 Å². The van der Waals surface area contributed by atoms with Crippen LogP contribution < -0.4 is 4.74 Å². The van der Waals surface area contributed by atoms with Gasteiger partial charge < -0.3 is 9.47 Å². The number of para-hydroxylation sites is 1. The van der Waals surface area contributed by atoms with E-state index in [9.17, 15) is 9.59 Å². The molecule has 4 aromatic rings. The van der Waals surface area contributed by atoms with E-state index in [2.05, 4.69) is 4.98 Å². The van der Waals surface area contributed by atoms with Gasteiger partial charge in [0, 0.05) is 16.5 Å². The van der Waals surface area contributed by atoms with Crippen LogP contribution in [-0.4, -0.2) is 30.0 Å². The highest BCUT2D eigenvalue weighted by Crippen LogP contribution is 2.30. The van der Waals surface area contributed by atoms with E-state index in [1.54, 1.807) is 62.6 Å². The Morgan fingerprint density at radius 3 is 2.34 bits per heavy atom. The first kappa shape index (κ1) is 21.5. The molecule has 160 valence electrons. The maximum atomic E-state index is 13.1. The molecule has 0 N–H and O–H groups in total. The number of fused-ring (bicyclic) bond motifs is 1. The number of esters is 1. The second-order valence-corrected chi connectivity index (χ2v) is 7.60. The van der Waals surface area contributed by atoms with E-state index in [-0.39, 0.29) is 11.3 Å². The minimum absolute atomic E-state index is 0.272. The van der Waals surface area contributed by atoms with Crippen LogP contribution in [0.3, 0.4) is 0 Å². The van der Waals surface area contributed by atoms with Crippen molar-refractivity contribution in [2.24, 2.45) is 0 Å². The Labute approximate surface area is 190 Å². The summed E-state index contributed by atoms with van der Waals surface area (Å²) in [5.41, 5.74) is 2.60. The van der Waals surface area contributed by atoms with Crippen LogP contribution in [0.15, 0.2) is 78.9 Å². The molecule has 6 heteroatoms. The minimum atomic E-state index is -0.947. The zero-order valence-electron chi connectivity index (χ0n) is 17.5. The van der Waals surface area contributed by atoms with Gasteiger partial charge in [0.15, 0.2) is 6.10 Å². The molecule has 1 unspecified atom stereocenters. The number of halogens is 1. The van der Waals surface area contributed by atoms with Crippen molar-refractivity contribution < 1.29 is 19.1 Å². The molecule has 0 fully saturated rings. The molecule has 0 radical (unpaired) electrons. The Bertz CT molecular complexity index is 1290. The zero-order valence-corrected chi connectivity index (χ0v) is 18.3. The smallest absolute Gasteiger partial charge is 0.339 e. The lowest BCUT2D eigenvalue weighted by Gasteiger charge is -2.15. The number of hydrogen-bond acceptors (Lipinski definition) is 5. The van der Waals surface area contributed by atoms with E-state index >= 15 is 0 Å². The number of ketones is 1. The standard InChI is InChI=1S/C26H20ClNO4/c1-16(25(29)18-7-4-3-5-8-18)32-26(30)21-15-23(17-11-13-19(31-2)14-12-17)28-24-20(21)9-6-10-22(24)27/h3-16H,1-2H3. The summed E-state index contributed by atoms with van der Waals surface area (Å²) >= 11 is 6.39. The number of benzene rings is 3. The van der Waals surface area contributed by atoms with Gasteiger partial charge in [0.2, 0.25) is 5.78 Å². The number of ether oxygens (including phenoxy) is 2. The van der Waals surface area contributed by atoms with Gasteiger partial charge in [0.05, 0.1) is 28.9 Å². The molecule has 0 amide bonds. The molecule has 0 spiro atoms. The van der Waals surface area contributed by atoms with Crippen molar-refractivity contribution >= 4 is 34.3 Å². The average molecular weight is 446 g/mol. The Hall–Kier alpha value is -3.70. The normalized spacial score (nSPS) is 11.7. The van der Waals surface area contributed by atoms with E-state index < -0.39 is 12.1 Å². The number of hydrogen-bond donors (Lipinski definition) is 0. The number of carbonyl (C=O) groups is 2. The Balaban J connectivity index is 1.72. The third kappa shape index (κ3) is 4.34. The molecule has 0 saturated carbocycles. The second kappa shape index (κ2) is 9.20. The van der Waals surface area contributed by atoms with Gasteiger partial charge in [-0.2, -0.15) is 0 Å². The van der Waals surface area contributed by atoms with Crippen LogP contribution in [0.5, 0.6) is 5.75 Å². The number of methoxy groups -OCH3 is 1. The van der Waals surface area contributed by atoms with Gasteiger partial charge in [-0.1, -0.05) is 54.1 Å². The zero-order chi connectivity index (χ0) is 22.7. The summed E-state index contributed by atoms with van der Waals surface area (Å²) in [5.74, 6) is -0.183. The lowest BCUT2D eigenvalue weighted by atomic mass is 10.0. The number of aromatic nitrogens is 1. The van der Waals surface area contributed by atoms with Crippen LogP contribution in [0.1, 0.15) is 27.6 Å². The molecule has 3 aromatic carbocycles. The predicted molar refractivity (Wildman–Crippen MR) is 124 cm³/mol. The second-order valence-electron chi connectivity index (χ2n) is 7.20. The molecule has 5 nitrogen and oxygen atoms in total.